The number of piperazine rings is 1. The molecule has 1 aromatic heterocycles. The van der Waals surface area contributed by atoms with Crippen molar-refractivity contribution in [3.8, 4) is 0 Å². The SMILES string of the molecule is Cc1cc(NC(=O)CN2CCN(C(=O)C3(OCc4ccccc4)CCOCC3)CC2)no1. The molecule has 0 radical (unpaired) electrons. The molecule has 2 aromatic rings. The van der Waals surface area contributed by atoms with Gasteiger partial charge in [0.15, 0.2) is 11.4 Å². The number of ether oxygens (including phenoxy) is 2. The van der Waals surface area contributed by atoms with E-state index in [1.807, 2.05) is 40.1 Å². The Balaban J connectivity index is 1.30. The summed E-state index contributed by atoms with van der Waals surface area (Å²) in [6.45, 7) is 5.83. The van der Waals surface area contributed by atoms with Crippen molar-refractivity contribution in [2.75, 3.05) is 51.3 Å². The predicted molar refractivity (Wildman–Crippen MR) is 117 cm³/mol. The van der Waals surface area contributed by atoms with Crippen molar-refractivity contribution in [3.63, 3.8) is 0 Å². The number of rotatable bonds is 7. The maximum atomic E-state index is 13.5. The predicted octanol–water partition coefficient (Wildman–Crippen LogP) is 1.83. The molecule has 2 aliphatic rings. The Kier molecular flexibility index (Phi) is 7.19. The first-order valence-corrected chi connectivity index (χ1v) is 11.0. The summed E-state index contributed by atoms with van der Waals surface area (Å²) in [5, 5.41) is 6.51. The van der Waals surface area contributed by atoms with Crippen LogP contribution in [0.4, 0.5) is 5.82 Å². The second-order valence-corrected chi connectivity index (χ2v) is 8.32. The van der Waals surface area contributed by atoms with Crippen LogP contribution in [-0.2, 0) is 25.7 Å². The Labute approximate surface area is 187 Å². The van der Waals surface area contributed by atoms with Crippen LogP contribution in [0.15, 0.2) is 40.9 Å². The lowest BCUT2D eigenvalue weighted by Gasteiger charge is -2.42. The third-order valence-corrected chi connectivity index (χ3v) is 5.97. The maximum Gasteiger partial charge on any atom is 0.255 e. The third kappa shape index (κ3) is 5.53. The smallest absolute Gasteiger partial charge is 0.255 e. The fraction of sp³-hybridized carbons (Fsp3) is 0.522. The zero-order valence-corrected chi connectivity index (χ0v) is 18.4. The van der Waals surface area contributed by atoms with Crippen LogP contribution in [0.5, 0.6) is 0 Å². The lowest BCUT2D eigenvalue weighted by molar-refractivity contribution is -0.175. The highest BCUT2D eigenvalue weighted by Crippen LogP contribution is 2.29. The van der Waals surface area contributed by atoms with Crippen LogP contribution in [0.25, 0.3) is 0 Å². The summed E-state index contributed by atoms with van der Waals surface area (Å²) < 4.78 is 16.7. The highest BCUT2D eigenvalue weighted by molar-refractivity contribution is 5.91. The number of benzene rings is 1. The van der Waals surface area contributed by atoms with Crippen LogP contribution < -0.4 is 5.32 Å². The molecule has 2 amide bonds. The van der Waals surface area contributed by atoms with Crippen molar-refractivity contribution in [1.29, 1.82) is 0 Å². The number of hydrogen-bond acceptors (Lipinski definition) is 7. The molecule has 0 spiro atoms. The maximum absolute atomic E-state index is 13.5. The van der Waals surface area contributed by atoms with E-state index in [-0.39, 0.29) is 18.4 Å². The molecule has 1 aromatic carbocycles. The van der Waals surface area contributed by atoms with E-state index >= 15 is 0 Å². The van der Waals surface area contributed by atoms with E-state index < -0.39 is 5.60 Å². The highest BCUT2D eigenvalue weighted by atomic mass is 16.5. The normalized spacial score (nSPS) is 19.0. The van der Waals surface area contributed by atoms with Crippen LogP contribution in [0, 0.1) is 6.92 Å². The van der Waals surface area contributed by atoms with E-state index in [1.165, 1.54) is 0 Å². The van der Waals surface area contributed by atoms with Crippen LogP contribution in [-0.4, -0.2) is 78.3 Å². The van der Waals surface area contributed by atoms with Crippen molar-refractivity contribution in [2.45, 2.75) is 32.0 Å². The van der Waals surface area contributed by atoms with Gasteiger partial charge in [0.25, 0.3) is 5.91 Å². The number of hydrogen-bond donors (Lipinski definition) is 1. The molecule has 172 valence electrons. The molecular weight excluding hydrogens is 412 g/mol. The van der Waals surface area contributed by atoms with Gasteiger partial charge in [0.2, 0.25) is 5.91 Å². The van der Waals surface area contributed by atoms with E-state index in [4.69, 9.17) is 14.0 Å². The molecule has 32 heavy (non-hydrogen) atoms. The van der Waals surface area contributed by atoms with Gasteiger partial charge in [-0.2, -0.15) is 0 Å². The van der Waals surface area contributed by atoms with Crippen LogP contribution >= 0.6 is 0 Å². The molecule has 9 nitrogen and oxygen atoms in total. The molecule has 0 aliphatic carbocycles. The number of carbonyl (C=O) groups excluding carboxylic acids is 2. The molecule has 9 heteroatoms. The Bertz CT molecular complexity index is 902. The van der Waals surface area contributed by atoms with Gasteiger partial charge in [-0.15, -0.1) is 0 Å². The summed E-state index contributed by atoms with van der Waals surface area (Å²) in [6, 6.07) is 11.6. The van der Waals surface area contributed by atoms with Crippen LogP contribution in [0.1, 0.15) is 24.2 Å². The number of anilines is 1. The number of nitrogens with one attached hydrogen (secondary N) is 1. The first kappa shape index (κ1) is 22.4. The molecule has 4 rings (SSSR count). The molecule has 3 heterocycles. The van der Waals surface area contributed by atoms with Crippen LogP contribution in [0.2, 0.25) is 0 Å². The number of aromatic nitrogens is 1. The second-order valence-electron chi connectivity index (χ2n) is 8.32. The summed E-state index contributed by atoms with van der Waals surface area (Å²) in [6.07, 6.45) is 1.11. The van der Waals surface area contributed by atoms with Gasteiger partial charge in [0.05, 0.1) is 13.2 Å². The van der Waals surface area contributed by atoms with E-state index in [0.29, 0.717) is 70.4 Å². The van der Waals surface area contributed by atoms with Gasteiger partial charge in [0, 0.05) is 58.3 Å². The standard InChI is InChI=1S/C23H30N4O5/c1-18-15-20(25-32-18)24-21(28)16-26-9-11-27(12-10-26)22(29)23(7-13-30-14-8-23)31-17-19-5-3-2-4-6-19/h2-6,15H,7-14,16-17H2,1H3,(H,24,25,28). The lowest BCUT2D eigenvalue weighted by atomic mass is 9.91. The summed E-state index contributed by atoms with van der Waals surface area (Å²) in [7, 11) is 0. The minimum absolute atomic E-state index is 0.0268. The van der Waals surface area contributed by atoms with E-state index in [2.05, 4.69) is 10.5 Å². The quantitative estimate of drug-likeness (QED) is 0.699. The molecule has 0 saturated carbocycles. The zero-order valence-electron chi connectivity index (χ0n) is 18.4. The highest BCUT2D eigenvalue weighted by Gasteiger charge is 2.44. The first-order chi connectivity index (χ1) is 15.5. The Morgan fingerprint density at radius 2 is 1.84 bits per heavy atom. The first-order valence-electron chi connectivity index (χ1n) is 11.0. The molecular formula is C23H30N4O5. The minimum Gasteiger partial charge on any atom is -0.381 e. The van der Waals surface area contributed by atoms with Crippen molar-refractivity contribution >= 4 is 17.6 Å². The number of aryl methyl sites for hydroxylation is 1. The molecule has 0 bridgehead atoms. The average Bonchev–Trinajstić information content (AvgIpc) is 3.23. The van der Waals surface area contributed by atoms with Gasteiger partial charge < -0.3 is 24.2 Å². The molecule has 0 unspecified atom stereocenters. The average molecular weight is 443 g/mol. The Morgan fingerprint density at radius 1 is 1.12 bits per heavy atom. The molecule has 2 saturated heterocycles. The third-order valence-electron chi connectivity index (χ3n) is 5.97. The molecule has 0 atom stereocenters. The number of carbonyl (C=O) groups is 2. The largest absolute Gasteiger partial charge is 0.381 e. The molecule has 1 N–H and O–H groups in total. The summed E-state index contributed by atoms with van der Waals surface area (Å²) in [4.78, 5) is 29.7. The molecule has 2 fully saturated rings. The fourth-order valence-electron chi connectivity index (χ4n) is 4.12. The van der Waals surface area contributed by atoms with Crippen molar-refractivity contribution in [1.82, 2.24) is 15.0 Å². The van der Waals surface area contributed by atoms with Gasteiger partial charge in [-0.05, 0) is 12.5 Å². The van der Waals surface area contributed by atoms with Crippen molar-refractivity contribution in [3.05, 3.63) is 47.7 Å². The number of amides is 2. The van der Waals surface area contributed by atoms with Gasteiger partial charge in [-0.1, -0.05) is 35.5 Å². The summed E-state index contributed by atoms with van der Waals surface area (Å²) >= 11 is 0. The number of nitrogens with zero attached hydrogens (tertiary/aromatic N) is 3. The summed E-state index contributed by atoms with van der Waals surface area (Å²) in [5.41, 5.74) is 0.197. The monoisotopic (exact) mass is 442 g/mol. The minimum atomic E-state index is -0.849. The zero-order chi connectivity index (χ0) is 22.4. The van der Waals surface area contributed by atoms with Gasteiger partial charge in [0.1, 0.15) is 5.76 Å². The Morgan fingerprint density at radius 3 is 2.50 bits per heavy atom. The van der Waals surface area contributed by atoms with Crippen LogP contribution in [0.3, 0.4) is 0 Å². The van der Waals surface area contributed by atoms with Crippen molar-refractivity contribution in [2.24, 2.45) is 0 Å². The van der Waals surface area contributed by atoms with E-state index in [9.17, 15) is 9.59 Å². The fourth-order valence-corrected chi connectivity index (χ4v) is 4.12. The van der Waals surface area contributed by atoms with Gasteiger partial charge in [-0.25, -0.2) is 0 Å². The Hall–Kier alpha value is -2.75. The van der Waals surface area contributed by atoms with Gasteiger partial charge in [-0.3, -0.25) is 14.5 Å². The van der Waals surface area contributed by atoms with E-state index in [0.717, 1.165) is 5.56 Å². The summed E-state index contributed by atoms with van der Waals surface area (Å²) in [5.74, 6) is 0.936. The van der Waals surface area contributed by atoms with Gasteiger partial charge >= 0.3 is 0 Å². The topological polar surface area (TPSA) is 97.1 Å². The second kappa shape index (κ2) is 10.2. The van der Waals surface area contributed by atoms with E-state index in [1.54, 1.807) is 13.0 Å². The van der Waals surface area contributed by atoms with Crippen molar-refractivity contribution < 1.29 is 23.6 Å². The molecule has 2 aliphatic heterocycles. The lowest BCUT2D eigenvalue weighted by Crippen LogP contribution is -2.58.